The van der Waals surface area contributed by atoms with Crippen molar-refractivity contribution in [2.24, 2.45) is 0 Å². The molecule has 1 aliphatic rings. The van der Waals surface area contributed by atoms with Crippen molar-refractivity contribution in [2.75, 3.05) is 19.7 Å². The predicted molar refractivity (Wildman–Crippen MR) is 69.1 cm³/mol. The van der Waals surface area contributed by atoms with Crippen molar-refractivity contribution in [1.29, 1.82) is 0 Å². The van der Waals surface area contributed by atoms with E-state index in [1.54, 1.807) is 0 Å². The third-order valence-electron chi connectivity index (χ3n) is 3.78. The molecule has 1 fully saturated rings. The van der Waals surface area contributed by atoms with Gasteiger partial charge >= 0.3 is 0 Å². The van der Waals surface area contributed by atoms with Gasteiger partial charge in [0.15, 0.2) is 11.6 Å². The summed E-state index contributed by atoms with van der Waals surface area (Å²) in [6.07, 6.45) is -0.888. The highest BCUT2D eigenvalue weighted by Crippen LogP contribution is 2.19. The molecule has 0 spiro atoms. The van der Waals surface area contributed by atoms with E-state index in [0.717, 1.165) is 12.1 Å². The normalized spacial score (nSPS) is 27.8. The Labute approximate surface area is 116 Å². The van der Waals surface area contributed by atoms with E-state index in [0.29, 0.717) is 24.9 Å². The number of hydrogen-bond acceptors (Lipinski definition) is 4. The van der Waals surface area contributed by atoms with Gasteiger partial charge in [-0.15, -0.1) is 0 Å². The lowest BCUT2D eigenvalue weighted by atomic mass is 9.97. The van der Waals surface area contributed by atoms with E-state index >= 15 is 0 Å². The number of benzene rings is 1. The molecule has 1 unspecified atom stereocenters. The molecule has 6 heteroatoms. The zero-order valence-corrected chi connectivity index (χ0v) is 11.0. The number of hydrogen-bond donors (Lipinski definition) is 3. The van der Waals surface area contributed by atoms with Crippen LogP contribution in [0.2, 0.25) is 0 Å². The minimum atomic E-state index is -0.879. The van der Waals surface area contributed by atoms with E-state index in [1.165, 1.54) is 6.07 Å². The summed E-state index contributed by atoms with van der Waals surface area (Å²) in [5.74, 6) is -1.76. The van der Waals surface area contributed by atoms with Crippen LogP contribution in [0.15, 0.2) is 18.2 Å². The number of aliphatic hydroxyl groups is 3. The third kappa shape index (κ3) is 3.52. The number of β-amino-alcohol motifs (C(OH)–C–C–N with tert-alkyl or cyclic N) is 1. The van der Waals surface area contributed by atoms with Crippen LogP contribution in [0.3, 0.4) is 0 Å². The second-order valence-corrected chi connectivity index (χ2v) is 5.20. The van der Waals surface area contributed by atoms with Crippen LogP contribution in [0.1, 0.15) is 12.0 Å². The van der Waals surface area contributed by atoms with Crippen molar-refractivity contribution in [3.8, 4) is 0 Å². The fraction of sp³-hybridized carbons (Fsp3) is 0.571. The van der Waals surface area contributed by atoms with Gasteiger partial charge in [-0.2, -0.15) is 0 Å². The van der Waals surface area contributed by atoms with Crippen LogP contribution >= 0.6 is 0 Å². The molecule has 0 radical (unpaired) electrons. The Morgan fingerprint density at radius 1 is 1.15 bits per heavy atom. The second-order valence-electron chi connectivity index (χ2n) is 5.20. The molecule has 20 heavy (non-hydrogen) atoms. The van der Waals surface area contributed by atoms with Crippen LogP contribution in [0.5, 0.6) is 0 Å². The zero-order chi connectivity index (χ0) is 14.7. The van der Waals surface area contributed by atoms with Crippen molar-refractivity contribution >= 4 is 0 Å². The molecule has 1 saturated heterocycles. The van der Waals surface area contributed by atoms with Crippen molar-refractivity contribution in [3.63, 3.8) is 0 Å². The lowest BCUT2D eigenvalue weighted by molar-refractivity contribution is -0.0703. The summed E-state index contributed by atoms with van der Waals surface area (Å²) >= 11 is 0. The number of aliphatic hydroxyl groups excluding tert-OH is 3. The Kier molecular flexibility index (Phi) is 5.04. The van der Waals surface area contributed by atoms with Crippen LogP contribution < -0.4 is 0 Å². The van der Waals surface area contributed by atoms with Gasteiger partial charge in [-0.25, -0.2) is 8.78 Å². The monoisotopic (exact) mass is 287 g/mol. The lowest BCUT2D eigenvalue weighted by Gasteiger charge is -2.39. The molecule has 3 atom stereocenters. The number of nitrogens with zero attached hydrogens (tertiary/aromatic N) is 1. The fourth-order valence-corrected chi connectivity index (χ4v) is 2.53. The van der Waals surface area contributed by atoms with Crippen LogP contribution in [-0.4, -0.2) is 58.2 Å². The van der Waals surface area contributed by atoms with E-state index in [4.69, 9.17) is 0 Å². The summed E-state index contributed by atoms with van der Waals surface area (Å²) in [4.78, 5) is 1.86. The third-order valence-corrected chi connectivity index (χ3v) is 3.78. The van der Waals surface area contributed by atoms with E-state index in [-0.39, 0.29) is 19.2 Å². The van der Waals surface area contributed by atoms with E-state index in [2.05, 4.69) is 0 Å². The number of halogens is 2. The first-order chi connectivity index (χ1) is 9.51. The summed E-state index contributed by atoms with van der Waals surface area (Å²) in [6, 6.07) is 3.53. The topological polar surface area (TPSA) is 63.9 Å². The van der Waals surface area contributed by atoms with Gasteiger partial charge in [-0.3, -0.25) is 4.90 Å². The van der Waals surface area contributed by atoms with Crippen LogP contribution in [0.25, 0.3) is 0 Å². The van der Waals surface area contributed by atoms with E-state index in [9.17, 15) is 24.1 Å². The van der Waals surface area contributed by atoms with Crippen LogP contribution in [0, 0.1) is 11.6 Å². The summed E-state index contributed by atoms with van der Waals surface area (Å²) < 4.78 is 25.9. The molecule has 0 aliphatic carbocycles. The Balaban J connectivity index is 1.96. The Bertz CT molecular complexity index is 458. The van der Waals surface area contributed by atoms with Crippen molar-refractivity contribution in [1.82, 2.24) is 4.90 Å². The maximum atomic E-state index is 13.1. The molecule has 3 N–H and O–H groups in total. The molecule has 1 aromatic carbocycles. The summed E-state index contributed by atoms with van der Waals surface area (Å²) in [5, 5.41) is 28.5. The maximum absolute atomic E-state index is 13.1. The van der Waals surface area contributed by atoms with E-state index < -0.39 is 23.8 Å². The SMILES string of the molecule is OC[C@H]1CC(O)[C@@H](O)CN1CCc1ccc(F)c(F)c1. The summed E-state index contributed by atoms with van der Waals surface area (Å²) in [7, 11) is 0. The lowest BCUT2D eigenvalue weighted by Crippen LogP contribution is -2.54. The predicted octanol–water partition coefficient (Wildman–Crippen LogP) is 0.296. The summed E-state index contributed by atoms with van der Waals surface area (Å²) in [6.45, 7) is 0.651. The molecular weight excluding hydrogens is 268 g/mol. The van der Waals surface area contributed by atoms with Gasteiger partial charge in [-0.05, 0) is 30.5 Å². The number of piperidine rings is 1. The molecule has 2 rings (SSSR count). The molecule has 112 valence electrons. The van der Waals surface area contributed by atoms with Gasteiger partial charge < -0.3 is 15.3 Å². The highest BCUT2D eigenvalue weighted by Gasteiger charge is 2.32. The Morgan fingerprint density at radius 2 is 1.90 bits per heavy atom. The smallest absolute Gasteiger partial charge is 0.159 e. The quantitative estimate of drug-likeness (QED) is 0.745. The average Bonchev–Trinajstić information content (AvgIpc) is 2.43. The van der Waals surface area contributed by atoms with Crippen molar-refractivity contribution in [2.45, 2.75) is 31.1 Å². The molecule has 1 aliphatic heterocycles. The molecule has 1 aromatic rings. The number of likely N-dealkylation sites (tertiary alicyclic amines) is 1. The van der Waals surface area contributed by atoms with Crippen molar-refractivity contribution in [3.05, 3.63) is 35.4 Å². The van der Waals surface area contributed by atoms with E-state index in [1.807, 2.05) is 4.90 Å². The minimum Gasteiger partial charge on any atom is -0.395 e. The highest BCUT2D eigenvalue weighted by molar-refractivity contribution is 5.18. The van der Waals surface area contributed by atoms with Crippen LogP contribution in [0.4, 0.5) is 8.78 Å². The standard InChI is InChI=1S/C14H19F2NO3/c15-11-2-1-9(5-12(11)16)3-4-17-7-14(20)13(19)6-10(17)8-18/h1-2,5,10,13-14,18-20H,3-4,6-8H2/t10-,13?,14+/m1/s1. The average molecular weight is 287 g/mol. The van der Waals surface area contributed by atoms with Gasteiger partial charge in [-0.1, -0.05) is 6.07 Å². The first kappa shape index (κ1) is 15.3. The molecule has 0 amide bonds. The molecule has 0 bridgehead atoms. The maximum Gasteiger partial charge on any atom is 0.159 e. The zero-order valence-electron chi connectivity index (χ0n) is 11.0. The van der Waals surface area contributed by atoms with Gasteiger partial charge in [0.2, 0.25) is 0 Å². The van der Waals surface area contributed by atoms with Gasteiger partial charge in [0.05, 0.1) is 18.8 Å². The largest absolute Gasteiger partial charge is 0.395 e. The fourth-order valence-electron chi connectivity index (χ4n) is 2.53. The molecular formula is C14H19F2NO3. The Morgan fingerprint density at radius 3 is 2.55 bits per heavy atom. The van der Waals surface area contributed by atoms with Gasteiger partial charge in [0, 0.05) is 19.1 Å². The van der Waals surface area contributed by atoms with Crippen molar-refractivity contribution < 1.29 is 24.1 Å². The minimum absolute atomic E-state index is 0.110. The highest BCUT2D eigenvalue weighted by atomic mass is 19.2. The first-order valence-corrected chi connectivity index (χ1v) is 6.66. The van der Waals surface area contributed by atoms with Crippen LogP contribution in [-0.2, 0) is 6.42 Å². The van der Waals surface area contributed by atoms with Gasteiger partial charge in [0.25, 0.3) is 0 Å². The molecule has 0 aromatic heterocycles. The molecule has 1 heterocycles. The Hall–Kier alpha value is -1.08. The molecule has 4 nitrogen and oxygen atoms in total. The first-order valence-electron chi connectivity index (χ1n) is 6.66. The number of rotatable bonds is 4. The summed E-state index contributed by atoms with van der Waals surface area (Å²) in [5.41, 5.74) is 0.654. The molecule has 0 saturated carbocycles. The van der Waals surface area contributed by atoms with Gasteiger partial charge in [0.1, 0.15) is 0 Å². The second kappa shape index (κ2) is 6.58.